The first-order chi connectivity index (χ1) is 10.0. The molecule has 2 heterocycles. The lowest BCUT2D eigenvalue weighted by Gasteiger charge is -2.26. The van der Waals surface area contributed by atoms with Crippen LogP contribution >= 0.6 is 27.3 Å². The van der Waals surface area contributed by atoms with Gasteiger partial charge in [-0.25, -0.2) is 0 Å². The van der Waals surface area contributed by atoms with Crippen molar-refractivity contribution in [1.82, 2.24) is 9.47 Å². The maximum atomic E-state index is 12.9. The van der Waals surface area contributed by atoms with Gasteiger partial charge in [-0.2, -0.15) is 0 Å². The monoisotopic (exact) mass is 368 g/mol. The van der Waals surface area contributed by atoms with E-state index in [1.165, 1.54) is 4.88 Å². The molecule has 5 heteroatoms. The number of carbonyl (C=O) groups excluding carboxylic acids is 1. The van der Waals surface area contributed by atoms with E-state index >= 15 is 0 Å². The van der Waals surface area contributed by atoms with E-state index in [1.807, 2.05) is 27.8 Å². The molecule has 0 saturated heterocycles. The molecular weight excluding hydrogens is 348 g/mol. The highest BCUT2D eigenvalue weighted by atomic mass is 79.9. The predicted molar refractivity (Wildman–Crippen MR) is 91.8 cm³/mol. The van der Waals surface area contributed by atoms with Crippen LogP contribution in [0.3, 0.4) is 0 Å². The van der Waals surface area contributed by atoms with Crippen molar-refractivity contribution in [2.75, 3.05) is 0 Å². The zero-order valence-electron chi connectivity index (χ0n) is 12.7. The Morgan fingerprint density at radius 2 is 2.24 bits per heavy atom. The molecule has 0 aliphatic carbocycles. The minimum atomic E-state index is 0.0950. The van der Waals surface area contributed by atoms with Crippen molar-refractivity contribution in [3.8, 4) is 0 Å². The van der Waals surface area contributed by atoms with Crippen LogP contribution in [0, 0.1) is 0 Å². The van der Waals surface area contributed by atoms with Gasteiger partial charge in [0.15, 0.2) is 0 Å². The van der Waals surface area contributed by atoms with Gasteiger partial charge in [-0.05, 0) is 53.7 Å². The lowest BCUT2D eigenvalue weighted by Crippen LogP contribution is -2.37. The SMILES string of the molecule is CCCn1cc(Br)cc1C(=O)N(Cc1cccs1)C(C)C. The summed E-state index contributed by atoms with van der Waals surface area (Å²) in [5.74, 6) is 0.0950. The van der Waals surface area contributed by atoms with Gasteiger partial charge in [0.1, 0.15) is 5.69 Å². The van der Waals surface area contributed by atoms with E-state index in [0.29, 0.717) is 6.54 Å². The first-order valence-electron chi connectivity index (χ1n) is 7.22. The van der Waals surface area contributed by atoms with Gasteiger partial charge in [-0.3, -0.25) is 4.79 Å². The fraction of sp³-hybridized carbons (Fsp3) is 0.438. The molecule has 1 amide bonds. The molecule has 3 nitrogen and oxygen atoms in total. The Balaban J connectivity index is 2.26. The number of hydrogen-bond donors (Lipinski definition) is 0. The molecule has 0 aliphatic rings. The average molecular weight is 369 g/mol. The van der Waals surface area contributed by atoms with Crippen LogP contribution in [-0.2, 0) is 13.1 Å². The average Bonchev–Trinajstić information content (AvgIpc) is 3.05. The molecule has 0 unspecified atom stereocenters. The lowest BCUT2D eigenvalue weighted by molar-refractivity contribution is 0.0681. The molecule has 0 saturated carbocycles. The van der Waals surface area contributed by atoms with Gasteiger partial charge in [-0.15, -0.1) is 11.3 Å². The molecular formula is C16H21BrN2OS. The number of halogens is 1. The number of nitrogens with zero attached hydrogens (tertiary/aromatic N) is 2. The lowest BCUT2D eigenvalue weighted by atomic mass is 10.2. The van der Waals surface area contributed by atoms with E-state index < -0.39 is 0 Å². The summed E-state index contributed by atoms with van der Waals surface area (Å²) in [6, 6.07) is 6.19. The van der Waals surface area contributed by atoms with Crippen molar-refractivity contribution in [3.63, 3.8) is 0 Å². The summed E-state index contributed by atoms with van der Waals surface area (Å²) in [6.45, 7) is 7.77. The smallest absolute Gasteiger partial charge is 0.271 e. The molecule has 0 radical (unpaired) electrons. The van der Waals surface area contributed by atoms with Crippen molar-refractivity contribution in [2.45, 2.75) is 46.3 Å². The molecule has 0 spiro atoms. The summed E-state index contributed by atoms with van der Waals surface area (Å²) in [5, 5.41) is 2.05. The molecule has 0 bridgehead atoms. The van der Waals surface area contributed by atoms with E-state index in [0.717, 1.165) is 23.1 Å². The minimum Gasteiger partial charge on any atom is -0.342 e. The fourth-order valence-corrected chi connectivity index (χ4v) is 3.45. The highest BCUT2D eigenvalue weighted by molar-refractivity contribution is 9.10. The third kappa shape index (κ3) is 3.98. The number of aryl methyl sites for hydroxylation is 1. The number of amides is 1. The Labute approximate surface area is 138 Å². The minimum absolute atomic E-state index is 0.0950. The summed E-state index contributed by atoms with van der Waals surface area (Å²) >= 11 is 5.17. The van der Waals surface area contributed by atoms with Crippen LogP contribution < -0.4 is 0 Å². The fourth-order valence-electron chi connectivity index (χ4n) is 2.29. The Morgan fingerprint density at radius 1 is 1.48 bits per heavy atom. The second-order valence-electron chi connectivity index (χ2n) is 5.34. The van der Waals surface area contributed by atoms with Gasteiger partial charge >= 0.3 is 0 Å². The summed E-state index contributed by atoms with van der Waals surface area (Å²) in [6.07, 6.45) is 2.99. The van der Waals surface area contributed by atoms with Gasteiger partial charge in [0.05, 0.1) is 6.54 Å². The normalized spacial score (nSPS) is 11.1. The third-order valence-corrected chi connectivity index (χ3v) is 4.63. The number of rotatable bonds is 6. The van der Waals surface area contributed by atoms with Crippen LogP contribution in [-0.4, -0.2) is 21.4 Å². The summed E-state index contributed by atoms with van der Waals surface area (Å²) in [4.78, 5) is 16.1. The molecule has 21 heavy (non-hydrogen) atoms. The topological polar surface area (TPSA) is 25.2 Å². The number of aromatic nitrogens is 1. The van der Waals surface area contributed by atoms with Gasteiger partial charge in [-0.1, -0.05) is 13.0 Å². The second kappa shape index (κ2) is 7.27. The quantitative estimate of drug-likeness (QED) is 0.720. The van der Waals surface area contributed by atoms with Crippen molar-refractivity contribution >= 4 is 33.2 Å². The van der Waals surface area contributed by atoms with Crippen molar-refractivity contribution in [1.29, 1.82) is 0 Å². The molecule has 0 N–H and O–H groups in total. The largest absolute Gasteiger partial charge is 0.342 e. The standard InChI is InChI=1S/C16H21BrN2OS/c1-4-7-18-10-13(17)9-15(18)16(20)19(12(2)3)11-14-6-5-8-21-14/h5-6,8-10,12H,4,7,11H2,1-3H3. The Bertz CT molecular complexity index is 589. The first kappa shape index (κ1) is 16.3. The third-order valence-electron chi connectivity index (χ3n) is 3.34. The van der Waals surface area contributed by atoms with Crippen LogP contribution in [0.25, 0.3) is 0 Å². The molecule has 2 aromatic rings. The number of hydrogen-bond acceptors (Lipinski definition) is 2. The van der Waals surface area contributed by atoms with Crippen LogP contribution in [0.2, 0.25) is 0 Å². The molecule has 0 aromatic carbocycles. The molecule has 0 atom stereocenters. The van der Waals surface area contributed by atoms with Crippen molar-refractivity contribution in [2.24, 2.45) is 0 Å². The summed E-state index contributed by atoms with van der Waals surface area (Å²) in [7, 11) is 0. The maximum absolute atomic E-state index is 12.9. The van der Waals surface area contributed by atoms with Crippen molar-refractivity contribution in [3.05, 3.63) is 44.8 Å². The van der Waals surface area contributed by atoms with Gasteiger partial charge in [0.25, 0.3) is 5.91 Å². The Hall–Kier alpha value is -1.07. The van der Waals surface area contributed by atoms with E-state index in [4.69, 9.17) is 0 Å². The summed E-state index contributed by atoms with van der Waals surface area (Å²) < 4.78 is 3.00. The second-order valence-corrected chi connectivity index (χ2v) is 7.29. The highest BCUT2D eigenvalue weighted by Gasteiger charge is 2.22. The zero-order chi connectivity index (χ0) is 15.4. The van der Waals surface area contributed by atoms with E-state index in [-0.39, 0.29) is 11.9 Å². The molecule has 0 aliphatic heterocycles. The first-order valence-corrected chi connectivity index (χ1v) is 8.89. The van der Waals surface area contributed by atoms with Crippen LogP contribution in [0.4, 0.5) is 0 Å². The Kier molecular flexibility index (Phi) is 5.65. The predicted octanol–water partition coefficient (Wildman–Crippen LogP) is 4.77. The van der Waals surface area contributed by atoms with Gasteiger partial charge in [0, 0.05) is 28.1 Å². The molecule has 2 aromatic heterocycles. The van der Waals surface area contributed by atoms with E-state index in [2.05, 4.69) is 48.1 Å². The zero-order valence-corrected chi connectivity index (χ0v) is 15.1. The number of thiophene rings is 1. The van der Waals surface area contributed by atoms with Gasteiger partial charge in [0.2, 0.25) is 0 Å². The highest BCUT2D eigenvalue weighted by Crippen LogP contribution is 2.21. The summed E-state index contributed by atoms with van der Waals surface area (Å²) in [5.41, 5.74) is 0.758. The van der Waals surface area contributed by atoms with Crippen LogP contribution in [0.15, 0.2) is 34.2 Å². The van der Waals surface area contributed by atoms with E-state index in [9.17, 15) is 4.79 Å². The molecule has 114 valence electrons. The maximum Gasteiger partial charge on any atom is 0.271 e. The van der Waals surface area contributed by atoms with Crippen LogP contribution in [0.1, 0.15) is 42.6 Å². The molecule has 0 fully saturated rings. The Morgan fingerprint density at radius 3 is 2.81 bits per heavy atom. The van der Waals surface area contributed by atoms with Crippen molar-refractivity contribution < 1.29 is 4.79 Å². The number of carbonyl (C=O) groups is 1. The van der Waals surface area contributed by atoms with E-state index in [1.54, 1.807) is 11.3 Å². The molecule has 2 rings (SSSR count). The van der Waals surface area contributed by atoms with Gasteiger partial charge < -0.3 is 9.47 Å². The van der Waals surface area contributed by atoms with Crippen LogP contribution in [0.5, 0.6) is 0 Å².